The van der Waals surface area contributed by atoms with Crippen molar-refractivity contribution in [2.45, 2.75) is 51.9 Å². The van der Waals surface area contributed by atoms with Crippen molar-refractivity contribution in [1.29, 1.82) is 0 Å². The van der Waals surface area contributed by atoms with Gasteiger partial charge in [0, 0.05) is 0 Å². The van der Waals surface area contributed by atoms with Gasteiger partial charge in [-0.05, 0) is 27.2 Å². The summed E-state index contributed by atoms with van der Waals surface area (Å²) in [7, 11) is 0. The first-order chi connectivity index (χ1) is 8.24. The number of ether oxygens (including phenoxy) is 2. The van der Waals surface area contributed by atoms with Crippen molar-refractivity contribution < 1.29 is 24.2 Å². The van der Waals surface area contributed by atoms with Crippen LogP contribution in [0.15, 0.2) is 0 Å². The quantitative estimate of drug-likeness (QED) is 0.813. The number of carboxylic acids is 1. The van der Waals surface area contributed by atoms with Crippen LogP contribution in [0.1, 0.15) is 34.1 Å². The van der Waals surface area contributed by atoms with Crippen LogP contribution in [0.25, 0.3) is 0 Å². The van der Waals surface area contributed by atoms with E-state index < -0.39 is 23.8 Å². The molecule has 1 N–H and O–H groups in total. The molecule has 0 aromatic heterocycles. The Labute approximate surface area is 107 Å². The second-order valence-corrected chi connectivity index (χ2v) is 5.35. The lowest BCUT2D eigenvalue weighted by Gasteiger charge is -2.38. The van der Waals surface area contributed by atoms with Crippen molar-refractivity contribution >= 4 is 12.1 Å². The van der Waals surface area contributed by atoms with Crippen LogP contribution in [0, 0.1) is 0 Å². The Morgan fingerprint density at radius 2 is 2.06 bits per heavy atom. The summed E-state index contributed by atoms with van der Waals surface area (Å²) < 4.78 is 10.5. The molecule has 0 unspecified atom stereocenters. The zero-order valence-corrected chi connectivity index (χ0v) is 11.3. The second-order valence-electron chi connectivity index (χ2n) is 5.35. The maximum Gasteiger partial charge on any atom is 0.410 e. The van der Waals surface area contributed by atoms with Gasteiger partial charge in [-0.3, -0.25) is 4.90 Å². The van der Waals surface area contributed by atoms with E-state index >= 15 is 0 Å². The van der Waals surface area contributed by atoms with Gasteiger partial charge in [0.1, 0.15) is 5.60 Å². The van der Waals surface area contributed by atoms with E-state index in [1.165, 1.54) is 4.90 Å². The predicted molar refractivity (Wildman–Crippen MR) is 64.4 cm³/mol. The van der Waals surface area contributed by atoms with Gasteiger partial charge in [-0.1, -0.05) is 6.92 Å². The zero-order chi connectivity index (χ0) is 13.9. The number of amides is 1. The highest BCUT2D eigenvalue weighted by Gasteiger charge is 2.36. The van der Waals surface area contributed by atoms with Crippen LogP contribution in [0.2, 0.25) is 0 Å². The first-order valence-corrected chi connectivity index (χ1v) is 6.08. The molecule has 0 radical (unpaired) electrons. The van der Waals surface area contributed by atoms with Crippen LogP contribution < -0.4 is 0 Å². The number of morpholine rings is 1. The Hall–Kier alpha value is -1.30. The van der Waals surface area contributed by atoms with Gasteiger partial charge < -0.3 is 14.6 Å². The van der Waals surface area contributed by atoms with Gasteiger partial charge in [0.15, 0.2) is 6.10 Å². The molecule has 0 bridgehead atoms. The Morgan fingerprint density at radius 3 is 2.50 bits per heavy atom. The molecule has 0 aromatic carbocycles. The van der Waals surface area contributed by atoms with Crippen molar-refractivity contribution in [3.05, 3.63) is 0 Å². The van der Waals surface area contributed by atoms with E-state index in [0.29, 0.717) is 6.42 Å². The molecule has 0 aromatic rings. The van der Waals surface area contributed by atoms with Crippen LogP contribution in [0.3, 0.4) is 0 Å². The first kappa shape index (κ1) is 14.8. The Balaban J connectivity index is 2.74. The topological polar surface area (TPSA) is 76.1 Å². The fourth-order valence-corrected chi connectivity index (χ4v) is 1.73. The van der Waals surface area contributed by atoms with Gasteiger partial charge >= 0.3 is 12.1 Å². The first-order valence-electron chi connectivity index (χ1n) is 6.08. The standard InChI is InChI=1S/C12H21NO5/c1-5-8-7-17-9(10(14)15)6-13(8)11(16)18-12(2,3)4/h8-9H,5-7H2,1-4H3,(H,14,15)/t8-,9+/m1/s1. The summed E-state index contributed by atoms with van der Waals surface area (Å²) in [6, 6.07) is -0.129. The summed E-state index contributed by atoms with van der Waals surface area (Å²) in [5.41, 5.74) is -0.591. The zero-order valence-electron chi connectivity index (χ0n) is 11.3. The maximum absolute atomic E-state index is 12.0. The number of hydrogen-bond donors (Lipinski definition) is 1. The molecule has 1 amide bonds. The summed E-state index contributed by atoms with van der Waals surface area (Å²) in [5, 5.41) is 8.93. The highest BCUT2D eigenvalue weighted by atomic mass is 16.6. The number of carboxylic acid groups (broad SMARTS) is 1. The number of carbonyl (C=O) groups excluding carboxylic acids is 1. The summed E-state index contributed by atoms with van der Waals surface area (Å²) in [6.45, 7) is 7.52. The number of hydrogen-bond acceptors (Lipinski definition) is 4. The fourth-order valence-electron chi connectivity index (χ4n) is 1.73. The maximum atomic E-state index is 12.0. The van der Waals surface area contributed by atoms with E-state index in [-0.39, 0.29) is 19.2 Å². The van der Waals surface area contributed by atoms with Gasteiger partial charge in [-0.25, -0.2) is 9.59 Å². The van der Waals surface area contributed by atoms with Crippen molar-refractivity contribution in [2.75, 3.05) is 13.2 Å². The average molecular weight is 259 g/mol. The van der Waals surface area contributed by atoms with E-state index in [4.69, 9.17) is 14.6 Å². The molecule has 1 fully saturated rings. The lowest BCUT2D eigenvalue weighted by atomic mass is 10.1. The average Bonchev–Trinajstić information content (AvgIpc) is 2.25. The normalized spacial score (nSPS) is 24.8. The number of rotatable bonds is 2. The lowest BCUT2D eigenvalue weighted by molar-refractivity contribution is -0.158. The molecule has 6 heteroatoms. The molecule has 1 rings (SSSR count). The molecule has 2 atom stereocenters. The number of nitrogens with zero attached hydrogens (tertiary/aromatic N) is 1. The molecular weight excluding hydrogens is 238 g/mol. The molecule has 18 heavy (non-hydrogen) atoms. The van der Waals surface area contributed by atoms with Crippen LogP contribution in [-0.2, 0) is 14.3 Å². The molecule has 104 valence electrons. The summed E-state index contributed by atoms with van der Waals surface area (Å²) in [6.07, 6.45) is -0.754. The number of carbonyl (C=O) groups is 2. The molecule has 1 aliphatic heterocycles. The fraction of sp³-hybridized carbons (Fsp3) is 0.833. The van der Waals surface area contributed by atoms with Gasteiger partial charge in [0.2, 0.25) is 0 Å². The largest absolute Gasteiger partial charge is 0.479 e. The molecule has 0 aliphatic carbocycles. The minimum Gasteiger partial charge on any atom is -0.479 e. The van der Waals surface area contributed by atoms with Crippen molar-refractivity contribution in [2.24, 2.45) is 0 Å². The monoisotopic (exact) mass is 259 g/mol. The minimum atomic E-state index is -1.06. The van der Waals surface area contributed by atoms with Gasteiger partial charge in [-0.2, -0.15) is 0 Å². The smallest absolute Gasteiger partial charge is 0.410 e. The molecule has 0 spiro atoms. The van der Waals surface area contributed by atoms with Gasteiger partial charge in [0.05, 0.1) is 19.2 Å². The van der Waals surface area contributed by atoms with E-state index in [2.05, 4.69) is 0 Å². The van der Waals surface area contributed by atoms with Crippen LogP contribution in [0.5, 0.6) is 0 Å². The Bertz CT molecular complexity index is 323. The van der Waals surface area contributed by atoms with Gasteiger partial charge in [-0.15, -0.1) is 0 Å². The molecular formula is C12H21NO5. The minimum absolute atomic E-state index is 0.0305. The van der Waals surface area contributed by atoms with E-state index in [1.54, 1.807) is 20.8 Å². The highest BCUT2D eigenvalue weighted by Crippen LogP contribution is 2.18. The molecule has 1 aliphatic rings. The molecule has 6 nitrogen and oxygen atoms in total. The van der Waals surface area contributed by atoms with E-state index in [0.717, 1.165) is 0 Å². The second kappa shape index (κ2) is 5.56. The Kier molecular flexibility index (Phi) is 4.56. The van der Waals surface area contributed by atoms with Crippen LogP contribution >= 0.6 is 0 Å². The molecule has 1 saturated heterocycles. The third-order valence-corrected chi connectivity index (χ3v) is 2.67. The third-order valence-electron chi connectivity index (χ3n) is 2.67. The van der Waals surface area contributed by atoms with Crippen molar-refractivity contribution in [3.63, 3.8) is 0 Å². The van der Waals surface area contributed by atoms with E-state index in [1.807, 2.05) is 6.92 Å². The summed E-state index contributed by atoms with van der Waals surface area (Å²) >= 11 is 0. The van der Waals surface area contributed by atoms with E-state index in [9.17, 15) is 9.59 Å². The lowest BCUT2D eigenvalue weighted by Crippen LogP contribution is -2.55. The summed E-state index contributed by atoms with van der Waals surface area (Å²) in [4.78, 5) is 24.4. The number of aliphatic carboxylic acids is 1. The Morgan fingerprint density at radius 1 is 1.44 bits per heavy atom. The highest BCUT2D eigenvalue weighted by molar-refractivity contribution is 5.75. The summed E-state index contributed by atoms with van der Waals surface area (Å²) in [5.74, 6) is -1.06. The third kappa shape index (κ3) is 3.87. The molecule has 0 saturated carbocycles. The predicted octanol–water partition coefficient (Wildman–Crippen LogP) is 1.49. The van der Waals surface area contributed by atoms with Crippen molar-refractivity contribution in [3.8, 4) is 0 Å². The van der Waals surface area contributed by atoms with Crippen LogP contribution in [0.4, 0.5) is 4.79 Å². The molecule has 1 heterocycles. The van der Waals surface area contributed by atoms with Crippen LogP contribution in [-0.4, -0.2) is 53.0 Å². The van der Waals surface area contributed by atoms with Gasteiger partial charge in [0.25, 0.3) is 0 Å². The van der Waals surface area contributed by atoms with Crippen molar-refractivity contribution in [1.82, 2.24) is 4.90 Å². The SMILES string of the molecule is CC[C@@H]1CO[C@H](C(=O)O)CN1C(=O)OC(C)(C)C.